The van der Waals surface area contributed by atoms with E-state index in [0.29, 0.717) is 35.7 Å². The van der Waals surface area contributed by atoms with Crippen LogP contribution in [-0.4, -0.2) is 21.1 Å². The van der Waals surface area contributed by atoms with Gasteiger partial charge in [-0.3, -0.25) is 4.98 Å². The summed E-state index contributed by atoms with van der Waals surface area (Å²) in [6.45, 7) is 4.41. The highest BCUT2D eigenvalue weighted by atomic mass is 16.5. The Morgan fingerprint density at radius 2 is 2.03 bits per heavy atom. The van der Waals surface area contributed by atoms with E-state index in [-0.39, 0.29) is 0 Å². The molecule has 3 N–H and O–H groups in total. The van der Waals surface area contributed by atoms with Gasteiger partial charge in [0.05, 0.1) is 52.1 Å². The van der Waals surface area contributed by atoms with Crippen molar-refractivity contribution in [2.45, 2.75) is 20.3 Å². The lowest BCUT2D eigenvalue weighted by atomic mass is 10.0. The molecule has 29 heavy (non-hydrogen) atoms. The van der Waals surface area contributed by atoms with Crippen molar-refractivity contribution in [3.05, 3.63) is 47.9 Å². The number of hydrogen-bond acceptors (Lipinski definition) is 6. The second-order valence-corrected chi connectivity index (χ2v) is 6.80. The van der Waals surface area contributed by atoms with E-state index in [1.807, 2.05) is 55.8 Å². The molecule has 4 aromatic rings. The van der Waals surface area contributed by atoms with E-state index in [1.165, 1.54) is 0 Å². The molecule has 0 spiro atoms. The van der Waals surface area contributed by atoms with Crippen LogP contribution in [0.5, 0.6) is 5.75 Å². The third-order valence-corrected chi connectivity index (χ3v) is 4.93. The Bertz CT molecular complexity index is 1270. The zero-order chi connectivity index (χ0) is 20.5. The van der Waals surface area contributed by atoms with Crippen LogP contribution in [0.3, 0.4) is 0 Å². The lowest BCUT2D eigenvalue weighted by molar-refractivity contribution is 0.342. The number of fused-ring (bicyclic) bond motifs is 2. The number of nitrogens with one attached hydrogen (secondary N) is 1. The number of nitriles is 1. The molecule has 0 saturated heterocycles. The Morgan fingerprint density at radius 3 is 2.76 bits per heavy atom. The third-order valence-electron chi connectivity index (χ3n) is 4.93. The number of anilines is 3. The van der Waals surface area contributed by atoms with Crippen LogP contribution in [-0.2, 0) is 13.5 Å². The number of rotatable bonds is 5. The molecule has 0 saturated carbocycles. The van der Waals surface area contributed by atoms with Gasteiger partial charge < -0.3 is 20.4 Å². The average Bonchev–Trinajstić information content (AvgIpc) is 3.09. The Kier molecular flexibility index (Phi) is 4.69. The van der Waals surface area contributed by atoms with Gasteiger partial charge in [0.25, 0.3) is 0 Å². The molecule has 146 valence electrons. The molecule has 0 aliphatic heterocycles. The molecule has 0 aliphatic carbocycles. The third kappa shape index (κ3) is 3.19. The first kappa shape index (κ1) is 18.6. The smallest absolute Gasteiger partial charge is 0.144 e. The molecule has 2 aromatic heterocycles. The molecule has 2 aromatic carbocycles. The summed E-state index contributed by atoms with van der Waals surface area (Å²) >= 11 is 0. The van der Waals surface area contributed by atoms with Gasteiger partial charge in [0.2, 0.25) is 0 Å². The monoisotopic (exact) mass is 386 g/mol. The molecule has 0 bridgehead atoms. The van der Waals surface area contributed by atoms with Gasteiger partial charge in [-0.05, 0) is 37.6 Å². The van der Waals surface area contributed by atoms with Gasteiger partial charge in [-0.2, -0.15) is 5.26 Å². The van der Waals surface area contributed by atoms with Gasteiger partial charge in [-0.1, -0.05) is 6.92 Å². The van der Waals surface area contributed by atoms with Crippen LogP contribution >= 0.6 is 0 Å². The van der Waals surface area contributed by atoms with Gasteiger partial charge in [-0.15, -0.1) is 0 Å². The number of nitrogens with zero attached hydrogens (tertiary/aromatic N) is 4. The van der Waals surface area contributed by atoms with Crippen LogP contribution in [0.15, 0.2) is 36.7 Å². The van der Waals surface area contributed by atoms with Crippen molar-refractivity contribution in [2.75, 3.05) is 17.7 Å². The quantitative estimate of drug-likeness (QED) is 0.496. The van der Waals surface area contributed by atoms with Gasteiger partial charge in [0, 0.05) is 24.2 Å². The molecule has 7 heteroatoms. The van der Waals surface area contributed by atoms with E-state index in [0.717, 1.165) is 33.3 Å². The maximum absolute atomic E-state index is 9.85. The summed E-state index contributed by atoms with van der Waals surface area (Å²) in [5.74, 6) is 0.597. The van der Waals surface area contributed by atoms with Crippen LogP contribution in [0.25, 0.3) is 21.9 Å². The summed E-state index contributed by atoms with van der Waals surface area (Å²) in [6.07, 6.45) is 2.42. The molecule has 7 nitrogen and oxygen atoms in total. The van der Waals surface area contributed by atoms with E-state index in [2.05, 4.69) is 16.4 Å². The van der Waals surface area contributed by atoms with Crippen LogP contribution in [0.2, 0.25) is 0 Å². The molecule has 0 unspecified atom stereocenters. The first-order valence-corrected chi connectivity index (χ1v) is 9.52. The van der Waals surface area contributed by atoms with E-state index in [1.54, 1.807) is 6.33 Å². The largest absolute Gasteiger partial charge is 0.492 e. The molecule has 0 fully saturated rings. The topological polar surface area (TPSA) is 102 Å². The Morgan fingerprint density at radius 1 is 1.21 bits per heavy atom. The molecule has 4 rings (SSSR count). The average molecular weight is 386 g/mol. The summed E-state index contributed by atoms with van der Waals surface area (Å²) in [5, 5.41) is 14.0. The number of nitrogen functional groups attached to an aromatic ring is 1. The fraction of sp³-hybridized carbons (Fsp3) is 0.227. The number of benzene rings is 2. The summed E-state index contributed by atoms with van der Waals surface area (Å²) < 4.78 is 7.59. The molecular weight excluding hydrogens is 364 g/mol. The minimum Gasteiger partial charge on any atom is -0.492 e. The zero-order valence-corrected chi connectivity index (χ0v) is 16.7. The van der Waals surface area contributed by atoms with Crippen molar-refractivity contribution in [3.63, 3.8) is 0 Å². The molecule has 0 radical (unpaired) electrons. The maximum atomic E-state index is 9.85. The predicted octanol–water partition coefficient (Wildman–Crippen LogP) is 4.28. The molecular formula is C22H22N6O. The zero-order valence-electron chi connectivity index (χ0n) is 16.7. The summed E-state index contributed by atoms with van der Waals surface area (Å²) in [5.41, 5.74) is 12.1. The van der Waals surface area contributed by atoms with Crippen LogP contribution in [0.1, 0.15) is 25.1 Å². The van der Waals surface area contributed by atoms with E-state index < -0.39 is 0 Å². The van der Waals surface area contributed by atoms with Crippen molar-refractivity contribution >= 4 is 39.0 Å². The van der Waals surface area contributed by atoms with Crippen LogP contribution in [0.4, 0.5) is 17.1 Å². The lowest BCUT2D eigenvalue weighted by Gasteiger charge is -2.16. The Balaban J connectivity index is 1.92. The maximum Gasteiger partial charge on any atom is 0.144 e. The second-order valence-electron chi connectivity index (χ2n) is 6.80. The van der Waals surface area contributed by atoms with E-state index in [4.69, 9.17) is 15.5 Å². The second kappa shape index (κ2) is 7.32. The van der Waals surface area contributed by atoms with Gasteiger partial charge in [-0.25, -0.2) is 4.98 Å². The van der Waals surface area contributed by atoms with Gasteiger partial charge in [0.1, 0.15) is 11.8 Å². The van der Waals surface area contributed by atoms with Crippen molar-refractivity contribution in [1.29, 1.82) is 5.26 Å². The summed E-state index contributed by atoms with van der Waals surface area (Å²) in [4.78, 5) is 9.10. The number of ether oxygens (including phenoxy) is 1. The molecule has 0 amide bonds. The summed E-state index contributed by atoms with van der Waals surface area (Å²) in [6, 6.07) is 11.9. The number of aryl methyl sites for hydroxylation is 2. The highest BCUT2D eigenvalue weighted by Crippen LogP contribution is 2.36. The van der Waals surface area contributed by atoms with Crippen molar-refractivity contribution in [3.8, 4) is 11.8 Å². The lowest BCUT2D eigenvalue weighted by Crippen LogP contribution is -2.04. The molecule has 0 atom stereocenters. The number of aromatic nitrogens is 3. The minimum atomic E-state index is 0.512. The van der Waals surface area contributed by atoms with Crippen molar-refractivity contribution in [2.24, 2.45) is 7.05 Å². The predicted molar refractivity (Wildman–Crippen MR) is 115 cm³/mol. The Labute approximate surface area is 168 Å². The van der Waals surface area contributed by atoms with E-state index in [9.17, 15) is 5.26 Å². The van der Waals surface area contributed by atoms with Gasteiger partial charge in [0.15, 0.2) is 0 Å². The van der Waals surface area contributed by atoms with Crippen molar-refractivity contribution < 1.29 is 4.74 Å². The standard InChI is InChI=1S/C22H22N6O/c1-4-17-15(11-23)22(14-9-16(24)21(29-5-2)10-18(14)27-17)26-13-6-7-20-19(8-13)25-12-28(20)3/h6-10,12H,4-5,24H2,1-3H3,(H,26,27). The van der Waals surface area contributed by atoms with Gasteiger partial charge >= 0.3 is 0 Å². The Hall–Kier alpha value is -3.79. The number of pyridine rings is 1. The normalized spacial score (nSPS) is 11.0. The molecule has 0 aliphatic rings. The SMILES string of the molecule is CCOc1cc2nc(CC)c(C#N)c(Nc3ccc4c(c3)ncn4C)c2cc1N. The van der Waals surface area contributed by atoms with Crippen LogP contribution in [0, 0.1) is 11.3 Å². The highest BCUT2D eigenvalue weighted by Gasteiger charge is 2.17. The minimum absolute atomic E-state index is 0.512. The number of hydrogen-bond donors (Lipinski definition) is 2. The van der Waals surface area contributed by atoms with Crippen LogP contribution < -0.4 is 15.8 Å². The fourth-order valence-electron chi connectivity index (χ4n) is 3.50. The highest BCUT2D eigenvalue weighted by molar-refractivity contribution is 5.99. The van der Waals surface area contributed by atoms with E-state index >= 15 is 0 Å². The number of nitrogens with two attached hydrogens (primary N) is 1. The first-order valence-electron chi connectivity index (χ1n) is 9.52. The first-order chi connectivity index (χ1) is 14.0. The summed E-state index contributed by atoms with van der Waals surface area (Å²) in [7, 11) is 1.96. The van der Waals surface area contributed by atoms with Crippen molar-refractivity contribution in [1.82, 2.24) is 14.5 Å². The molecule has 2 heterocycles. The fourth-order valence-corrected chi connectivity index (χ4v) is 3.50. The number of imidazole rings is 1.